The smallest absolute Gasteiger partial charge is 0.311 e. The van der Waals surface area contributed by atoms with Gasteiger partial charge in [-0.25, -0.2) is 0 Å². The Morgan fingerprint density at radius 1 is 1.35 bits per heavy atom. The van der Waals surface area contributed by atoms with Gasteiger partial charge in [0.1, 0.15) is 0 Å². The molecule has 6 heteroatoms. The summed E-state index contributed by atoms with van der Waals surface area (Å²) >= 11 is 1.73. The molecule has 1 heterocycles. The fourth-order valence-corrected chi connectivity index (χ4v) is 2.81. The molecule has 0 spiro atoms. The highest BCUT2D eigenvalue weighted by Gasteiger charge is 2.16. The molecule has 0 bridgehead atoms. The first-order chi connectivity index (χ1) is 9.51. The number of thiophene rings is 1. The Kier molecular flexibility index (Phi) is 4.24. The van der Waals surface area contributed by atoms with Crippen molar-refractivity contribution in [2.45, 2.75) is 19.9 Å². The van der Waals surface area contributed by atoms with Crippen LogP contribution in [0.25, 0.3) is 0 Å². The van der Waals surface area contributed by atoms with E-state index in [-0.39, 0.29) is 17.5 Å². The molecule has 0 fully saturated rings. The van der Waals surface area contributed by atoms with Crippen LogP contribution in [0.4, 0.5) is 11.4 Å². The Morgan fingerprint density at radius 2 is 2.10 bits per heavy atom. The highest BCUT2D eigenvalue weighted by molar-refractivity contribution is 7.12. The van der Waals surface area contributed by atoms with Crippen LogP contribution in [-0.2, 0) is 0 Å². The number of benzene rings is 1. The maximum atomic E-state index is 10.8. The SMILES string of the molecule is COc1cc(NC(C)c2ccc(C)s2)ccc1[N+](=O)[O-]. The number of rotatable bonds is 5. The molecule has 2 rings (SSSR count). The van der Waals surface area contributed by atoms with E-state index in [0.29, 0.717) is 0 Å². The molecular weight excluding hydrogens is 276 g/mol. The van der Waals surface area contributed by atoms with Crippen molar-refractivity contribution in [3.8, 4) is 5.75 Å². The molecule has 106 valence electrons. The zero-order valence-corrected chi connectivity index (χ0v) is 12.4. The zero-order valence-electron chi connectivity index (χ0n) is 11.5. The van der Waals surface area contributed by atoms with Crippen molar-refractivity contribution < 1.29 is 9.66 Å². The summed E-state index contributed by atoms with van der Waals surface area (Å²) in [7, 11) is 1.43. The summed E-state index contributed by atoms with van der Waals surface area (Å²) in [6.07, 6.45) is 0. The predicted molar refractivity (Wildman–Crippen MR) is 80.7 cm³/mol. The molecule has 0 aliphatic carbocycles. The number of ether oxygens (including phenoxy) is 1. The van der Waals surface area contributed by atoms with Crippen LogP contribution in [0.15, 0.2) is 30.3 Å². The lowest BCUT2D eigenvalue weighted by Gasteiger charge is -2.14. The second-order valence-corrected chi connectivity index (χ2v) is 5.78. The standard InChI is InChI=1S/C14H16N2O3S/c1-9-4-7-14(20-9)10(2)15-11-5-6-12(16(17)18)13(8-11)19-3/h4-8,10,15H,1-3H3. The van der Waals surface area contributed by atoms with Crippen molar-refractivity contribution in [2.24, 2.45) is 0 Å². The minimum atomic E-state index is -0.450. The molecule has 0 aliphatic rings. The number of aryl methyl sites for hydroxylation is 1. The lowest BCUT2D eigenvalue weighted by Crippen LogP contribution is -2.05. The van der Waals surface area contributed by atoms with E-state index in [1.54, 1.807) is 23.5 Å². The van der Waals surface area contributed by atoms with Crippen molar-refractivity contribution >= 4 is 22.7 Å². The zero-order chi connectivity index (χ0) is 14.7. The number of anilines is 1. The largest absolute Gasteiger partial charge is 0.490 e. The van der Waals surface area contributed by atoms with Crippen LogP contribution in [0, 0.1) is 17.0 Å². The van der Waals surface area contributed by atoms with Gasteiger partial charge in [0.05, 0.1) is 18.1 Å². The van der Waals surface area contributed by atoms with E-state index in [1.165, 1.54) is 22.9 Å². The van der Waals surface area contributed by atoms with E-state index in [4.69, 9.17) is 4.74 Å². The molecule has 1 atom stereocenters. The van der Waals surface area contributed by atoms with E-state index in [2.05, 4.69) is 31.3 Å². The molecule has 2 aromatic rings. The molecule has 0 amide bonds. The molecule has 1 aromatic carbocycles. The lowest BCUT2D eigenvalue weighted by atomic mass is 10.2. The van der Waals surface area contributed by atoms with Gasteiger partial charge in [-0.05, 0) is 32.0 Å². The van der Waals surface area contributed by atoms with E-state index >= 15 is 0 Å². The maximum Gasteiger partial charge on any atom is 0.311 e. The van der Waals surface area contributed by atoms with Gasteiger partial charge in [-0.3, -0.25) is 10.1 Å². The number of nitro benzene ring substituents is 1. The molecule has 1 aromatic heterocycles. The number of nitrogens with zero attached hydrogens (tertiary/aromatic N) is 1. The van der Waals surface area contributed by atoms with Gasteiger partial charge in [-0.1, -0.05) is 0 Å². The summed E-state index contributed by atoms with van der Waals surface area (Å²) in [6.45, 7) is 4.12. The van der Waals surface area contributed by atoms with Crippen LogP contribution in [0.3, 0.4) is 0 Å². The van der Waals surface area contributed by atoms with Gasteiger partial charge < -0.3 is 10.1 Å². The van der Waals surface area contributed by atoms with Crippen LogP contribution in [-0.4, -0.2) is 12.0 Å². The minimum Gasteiger partial charge on any atom is -0.490 e. The second kappa shape index (κ2) is 5.92. The molecule has 0 saturated carbocycles. The first kappa shape index (κ1) is 14.3. The normalized spacial score (nSPS) is 11.9. The number of hydrogen-bond donors (Lipinski definition) is 1. The van der Waals surface area contributed by atoms with E-state index in [9.17, 15) is 10.1 Å². The summed E-state index contributed by atoms with van der Waals surface area (Å²) in [5, 5.41) is 14.2. The van der Waals surface area contributed by atoms with Gasteiger partial charge in [0.15, 0.2) is 5.75 Å². The summed E-state index contributed by atoms with van der Waals surface area (Å²) in [5.74, 6) is 0.259. The molecule has 0 saturated heterocycles. The monoisotopic (exact) mass is 292 g/mol. The van der Waals surface area contributed by atoms with Crippen molar-refractivity contribution in [1.29, 1.82) is 0 Å². The van der Waals surface area contributed by atoms with Crippen molar-refractivity contribution in [1.82, 2.24) is 0 Å². The topological polar surface area (TPSA) is 64.4 Å². The van der Waals surface area contributed by atoms with E-state index in [0.717, 1.165) is 5.69 Å². The van der Waals surface area contributed by atoms with E-state index in [1.807, 2.05) is 0 Å². The molecule has 1 N–H and O–H groups in total. The molecular formula is C14H16N2O3S. The van der Waals surface area contributed by atoms with Gasteiger partial charge in [0, 0.05) is 27.6 Å². The van der Waals surface area contributed by atoms with E-state index < -0.39 is 4.92 Å². The fraction of sp³-hybridized carbons (Fsp3) is 0.286. The van der Waals surface area contributed by atoms with Gasteiger partial charge in [-0.15, -0.1) is 11.3 Å². The van der Waals surface area contributed by atoms with Gasteiger partial charge in [0.25, 0.3) is 0 Å². The molecule has 0 radical (unpaired) electrons. The number of nitrogens with one attached hydrogen (secondary N) is 1. The fourth-order valence-electron chi connectivity index (χ4n) is 1.93. The van der Waals surface area contributed by atoms with Crippen molar-refractivity contribution in [3.63, 3.8) is 0 Å². The highest BCUT2D eigenvalue weighted by Crippen LogP contribution is 2.32. The maximum absolute atomic E-state index is 10.8. The number of hydrogen-bond acceptors (Lipinski definition) is 5. The molecule has 1 unspecified atom stereocenters. The van der Waals surface area contributed by atoms with Gasteiger partial charge in [0.2, 0.25) is 0 Å². The lowest BCUT2D eigenvalue weighted by molar-refractivity contribution is -0.385. The van der Waals surface area contributed by atoms with Crippen LogP contribution < -0.4 is 10.1 Å². The Hall–Kier alpha value is -2.08. The third kappa shape index (κ3) is 3.08. The Labute approximate surface area is 121 Å². The minimum absolute atomic E-state index is 0.0299. The predicted octanol–water partition coefficient (Wildman–Crippen LogP) is 4.15. The Bertz CT molecular complexity index is 625. The first-order valence-electron chi connectivity index (χ1n) is 6.16. The highest BCUT2D eigenvalue weighted by atomic mass is 32.1. The number of nitro groups is 1. The average molecular weight is 292 g/mol. The summed E-state index contributed by atoms with van der Waals surface area (Å²) in [6, 6.07) is 9.09. The first-order valence-corrected chi connectivity index (χ1v) is 6.98. The average Bonchev–Trinajstić information content (AvgIpc) is 2.85. The van der Waals surface area contributed by atoms with Crippen LogP contribution in [0.2, 0.25) is 0 Å². The third-order valence-electron chi connectivity index (χ3n) is 2.95. The van der Waals surface area contributed by atoms with Crippen LogP contribution in [0.1, 0.15) is 22.7 Å². The van der Waals surface area contributed by atoms with Crippen molar-refractivity contribution in [2.75, 3.05) is 12.4 Å². The van der Waals surface area contributed by atoms with Gasteiger partial charge >= 0.3 is 5.69 Å². The summed E-state index contributed by atoms with van der Waals surface area (Å²) in [5.41, 5.74) is 0.767. The Morgan fingerprint density at radius 3 is 2.65 bits per heavy atom. The molecule has 5 nitrogen and oxygen atoms in total. The molecule has 20 heavy (non-hydrogen) atoms. The van der Waals surface area contributed by atoms with Crippen LogP contribution >= 0.6 is 11.3 Å². The van der Waals surface area contributed by atoms with Crippen molar-refractivity contribution in [3.05, 3.63) is 50.2 Å². The van der Waals surface area contributed by atoms with Gasteiger partial charge in [-0.2, -0.15) is 0 Å². The quantitative estimate of drug-likeness (QED) is 0.664. The Balaban J connectivity index is 2.19. The second-order valence-electron chi connectivity index (χ2n) is 4.46. The third-order valence-corrected chi connectivity index (χ3v) is 4.13. The molecule has 0 aliphatic heterocycles. The summed E-state index contributed by atoms with van der Waals surface area (Å²) < 4.78 is 5.06. The van der Waals surface area contributed by atoms with Crippen LogP contribution in [0.5, 0.6) is 5.75 Å². The number of methoxy groups -OCH3 is 1. The summed E-state index contributed by atoms with van der Waals surface area (Å²) in [4.78, 5) is 12.9.